The summed E-state index contributed by atoms with van der Waals surface area (Å²) in [6, 6.07) is 26.3. The maximum atomic E-state index is 13.5. The molecule has 0 saturated heterocycles. The topological polar surface area (TPSA) is 76.0 Å². The van der Waals surface area contributed by atoms with Crippen LogP contribution in [-0.2, 0) is 17.8 Å². The number of halogens is 2. The van der Waals surface area contributed by atoms with Crippen LogP contribution in [0.1, 0.15) is 21.6 Å². The summed E-state index contributed by atoms with van der Waals surface area (Å²) in [6.45, 7) is 0.421. The highest BCUT2D eigenvalue weighted by molar-refractivity contribution is 9.10. The number of rotatable bonds is 8. The van der Waals surface area contributed by atoms with Crippen LogP contribution in [-0.4, -0.2) is 34.7 Å². The summed E-state index contributed by atoms with van der Waals surface area (Å²) in [5, 5.41) is 10.3. The first-order chi connectivity index (χ1) is 16.9. The molecule has 1 aromatic heterocycles. The van der Waals surface area contributed by atoms with Crippen molar-refractivity contribution in [2.75, 3.05) is 7.05 Å². The third-order valence-corrected chi connectivity index (χ3v) is 6.72. The molecule has 35 heavy (non-hydrogen) atoms. The van der Waals surface area contributed by atoms with Gasteiger partial charge in [0.05, 0.1) is 12.2 Å². The van der Waals surface area contributed by atoms with E-state index in [1.165, 1.54) is 0 Å². The van der Waals surface area contributed by atoms with Crippen LogP contribution in [0, 0.1) is 0 Å². The second-order valence-corrected chi connectivity index (χ2v) is 9.78. The number of benzene rings is 3. The summed E-state index contributed by atoms with van der Waals surface area (Å²) in [5.74, 6) is -0.631. The smallest absolute Gasteiger partial charge is 0.270 e. The van der Waals surface area contributed by atoms with Crippen molar-refractivity contribution >= 4 is 43.7 Å². The Hall–Kier alpha value is -3.23. The number of hydrogen-bond acceptors (Lipinski definition) is 3. The molecule has 1 heterocycles. The lowest BCUT2D eigenvalue weighted by Crippen LogP contribution is -2.47. The summed E-state index contributed by atoms with van der Waals surface area (Å²) >= 11 is 7.04. The zero-order chi connectivity index (χ0) is 24.8. The minimum absolute atomic E-state index is 0.265. The van der Waals surface area contributed by atoms with Crippen molar-refractivity contribution in [3.63, 3.8) is 0 Å². The van der Waals surface area contributed by atoms with Crippen LogP contribution >= 0.6 is 31.9 Å². The van der Waals surface area contributed by atoms with Gasteiger partial charge in [0.25, 0.3) is 5.91 Å². The fourth-order valence-electron chi connectivity index (χ4n) is 3.79. The lowest BCUT2D eigenvalue weighted by Gasteiger charge is -2.18. The molecule has 2 N–H and O–H groups in total. The quantitative estimate of drug-likeness (QED) is 0.294. The van der Waals surface area contributed by atoms with Crippen LogP contribution in [0.5, 0.6) is 0 Å². The van der Waals surface area contributed by atoms with Crippen molar-refractivity contribution in [3.8, 4) is 11.3 Å². The number of carbonyl (C=O) groups is 2. The Morgan fingerprint density at radius 3 is 2.34 bits per heavy atom. The standard InChI is InChI=1S/C27H24Br2N4O2/c1-30-26(34)24(15-19-10-7-11-20(28)14-19)31-27(35)25-16-23(21-12-5-6-13-22(21)29)32-33(25)17-18-8-3-2-4-9-18/h2-14,16,24H,15,17H2,1H3,(H,30,34)(H,31,35). The maximum Gasteiger partial charge on any atom is 0.270 e. The van der Waals surface area contributed by atoms with E-state index in [2.05, 4.69) is 42.5 Å². The van der Waals surface area contributed by atoms with Crippen molar-refractivity contribution in [2.45, 2.75) is 19.0 Å². The third-order valence-electron chi connectivity index (χ3n) is 5.53. The molecule has 0 aliphatic heterocycles. The molecule has 4 rings (SSSR count). The zero-order valence-electron chi connectivity index (χ0n) is 19.0. The lowest BCUT2D eigenvalue weighted by molar-refractivity contribution is -0.122. The molecular weight excluding hydrogens is 572 g/mol. The Morgan fingerprint density at radius 2 is 1.63 bits per heavy atom. The van der Waals surface area contributed by atoms with Crippen LogP contribution in [0.25, 0.3) is 11.3 Å². The second kappa shape index (κ2) is 11.5. The summed E-state index contributed by atoms with van der Waals surface area (Å²) in [4.78, 5) is 26.1. The molecule has 178 valence electrons. The molecule has 4 aromatic rings. The van der Waals surface area contributed by atoms with Gasteiger partial charge in [0.2, 0.25) is 5.91 Å². The average Bonchev–Trinajstić information content (AvgIpc) is 3.27. The first-order valence-corrected chi connectivity index (χ1v) is 12.7. The molecule has 0 aliphatic rings. The van der Waals surface area contributed by atoms with Gasteiger partial charge >= 0.3 is 0 Å². The molecule has 3 aromatic carbocycles. The van der Waals surface area contributed by atoms with Gasteiger partial charge in [-0.05, 0) is 35.4 Å². The SMILES string of the molecule is CNC(=O)C(Cc1cccc(Br)c1)NC(=O)c1cc(-c2ccccc2Br)nn1Cc1ccccc1. The second-order valence-electron chi connectivity index (χ2n) is 8.01. The number of nitrogens with zero attached hydrogens (tertiary/aromatic N) is 2. The van der Waals surface area contributed by atoms with Crippen molar-refractivity contribution in [1.82, 2.24) is 20.4 Å². The van der Waals surface area contributed by atoms with Gasteiger partial charge in [-0.15, -0.1) is 0 Å². The highest BCUT2D eigenvalue weighted by atomic mass is 79.9. The van der Waals surface area contributed by atoms with Gasteiger partial charge in [-0.2, -0.15) is 5.10 Å². The van der Waals surface area contributed by atoms with Crippen LogP contribution in [0.15, 0.2) is 93.9 Å². The van der Waals surface area contributed by atoms with E-state index in [-0.39, 0.29) is 11.8 Å². The van der Waals surface area contributed by atoms with Gasteiger partial charge in [0.1, 0.15) is 11.7 Å². The fraction of sp³-hybridized carbons (Fsp3) is 0.148. The van der Waals surface area contributed by atoms with Crippen LogP contribution in [0.4, 0.5) is 0 Å². The van der Waals surface area contributed by atoms with Crippen LogP contribution in [0.3, 0.4) is 0 Å². The number of amides is 2. The Bertz CT molecular complexity index is 1340. The minimum Gasteiger partial charge on any atom is -0.357 e. The molecular formula is C27H24Br2N4O2. The fourth-order valence-corrected chi connectivity index (χ4v) is 4.73. The van der Waals surface area contributed by atoms with Crippen molar-refractivity contribution < 1.29 is 9.59 Å². The number of likely N-dealkylation sites (N-methyl/N-ethyl adjacent to an activating group) is 1. The van der Waals surface area contributed by atoms with E-state index < -0.39 is 6.04 Å². The predicted molar refractivity (Wildman–Crippen MR) is 144 cm³/mol. The van der Waals surface area contributed by atoms with Crippen LogP contribution in [0.2, 0.25) is 0 Å². The molecule has 1 atom stereocenters. The number of hydrogen-bond donors (Lipinski definition) is 2. The molecule has 0 bridgehead atoms. The van der Waals surface area contributed by atoms with Crippen molar-refractivity contribution in [1.29, 1.82) is 0 Å². The molecule has 0 aliphatic carbocycles. The van der Waals surface area contributed by atoms with Gasteiger partial charge in [-0.3, -0.25) is 14.3 Å². The Kier molecular flexibility index (Phi) is 8.15. The predicted octanol–water partition coefficient (Wildman–Crippen LogP) is 5.21. The van der Waals surface area contributed by atoms with Crippen molar-refractivity contribution in [3.05, 3.63) is 111 Å². The normalized spacial score (nSPS) is 11.6. The van der Waals surface area contributed by atoms with Gasteiger partial charge in [0.15, 0.2) is 0 Å². The molecule has 0 radical (unpaired) electrons. The number of aromatic nitrogens is 2. The van der Waals surface area contributed by atoms with Gasteiger partial charge < -0.3 is 10.6 Å². The summed E-state index contributed by atoms with van der Waals surface area (Å²) < 4.78 is 3.48. The highest BCUT2D eigenvalue weighted by Gasteiger charge is 2.24. The molecule has 0 saturated carbocycles. The zero-order valence-corrected chi connectivity index (χ0v) is 22.2. The van der Waals surface area contributed by atoms with E-state index in [1.807, 2.05) is 78.9 Å². The Morgan fingerprint density at radius 1 is 0.914 bits per heavy atom. The van der Waals surface area contributed by atoms with Gasteiger partial charge in [0, 0.05) is 28.0 Å². The Balaban J connectivity index is 1.66. The van der Waals surface area contributed by atoms with Crippen LogP contribution < -0.4 is 10.6 Å². The van der Waals surface area contributed by atoms with E-state index in [9.17, 15) is 9.59 Å². The lowest BCUT2D eigenvalue weighted by atomic mass is 10.0. The maximum absolute atomic E-state index is 13.5. The average molecular weight is 596 g/mol. The van der Waals surface area contributed by atoms with Gasteiger partial charge in [-0.25, -0.2) is 0 Å². The van der Waals surface area contributed by atoms with E-state index in [1.54, 1.807) is 17.8 Å². The summed E-state index contributed by atoms with van der Waals surface area (Å²) in [6.07, 6.45) is 0.356. The molecule has 1 unspecified atom stereocenters. The minimum atomic E-state index is -0.742. The molecule has 0 fully saturated rings. The molecule has 0 spiro atoms. The van der Waals surface area contributed by atoms with E-state index in [4.69, 9.17) is 5.10 Å². The summed E-state index contributed by atoms with van der Waals surface area (Å²) in [5.41, 5.74) is 3.87. The Labute approximate surface area is 221 Å². The third kappa shape index (κ3) is 6.26. The van der Waals surface area contributed by atoms with Crippen molar-refractivity contribution in [2.24, 2.45) is 0 Å². The highest BCUT2D eigenvalue weighted by Crippen LogP contribution is 2.28. The first kappa shape index (κ1) is 24.9. The van der Waals surface area contributed by atoms with E-state index in [0.29, 0.717) is 24.4 Å². The van der Waals surface area contributed by atoms with Gasteiger partial charge in [-0.1, -0.05) is 92.5 Å². The van der Waals surface area contributed by atoms with E-state index in [0.717, 1.165) is 25.6 Å². The summed E-state index contributed by atoms with van der Waals surface area (Å²) in [7, 11) is 1.56. The number of carbonyl (C=O) groups excluding carboxylic acids is 2. The van der Waals surface area contributed by atoms with E-state index >= 15 is 0 Å². The first-order valence-electron chi connectivity index (χ1n) is 11.1. The largest absolute Gasteiger partial charge is 0.357 e. The monoisotopic (exact) mass is 594 g/mol. The number of nitrogens with one attached hydrogen (secondary N) is 2. The molecule has 2 amide bonds. The molecule has 8 heteroatoms. The molecule has 6 nitrogen and oxygen atoms in total.